The van der Waals surface area contributed by atoms with E-state index in [1.807, 2.05) is 0 Å². The first-order valence-electron chi connectivity index (χ1n) is 6.36. The van der Waals surface area contributed by atoms with Gasteiger partial charge in [-0.3, -0.25) is 4.79 Å². The lowest BCUT2D eigenvalue weighted by atomic mass is 9.94. The molecule has 0 aromatic heterocycles. The molecule has 1 amide bonds. The number of hydrogen-bond donors (Lipinski definition) is 2. The van der Waals surface area contributed by atoms with Crippen molar-refractivity contribution in [3.05, 3.63) is 29.6 Å². The van der Waals surface area contributed by atoms with Crippen LogP contribution in [0.5, 0.6) is 0 Å². The highest BCUT2D eigenvalue weighted by Crippen LogP contribution is 2.18. The Morgan fingerprint density at radius 1 is 1.50 bits per heavy atom. The zero-order chi connectivity index (χ0) is 13.1. The lowest BCUT2D eigenvalue weighted by molar-refractivity contribution is -0.119. The van der Waals surface area contributed by atoms with Crippen molar-refractivity contribution in [3.8, 4) is 0 Å². The summed E-state index contributed by atoms with van der Waals surface area (Å²) in [6.07, 6.45) is 1.93. The third-order valence-electron chi connectivity index (χ3n) is 3.42. The lowest BCUT2D eigenvalue weighted by Gasteiger charge is -2.27. The number of carbonyl (C=O) groups is 1. The van der Waals surface area contributed by atoms with E-state index in [-0.39, 0.29) is 17.8 Å². The summed E-state index contributed by atoms with van der Waals surface area (Å²) in [5.74, 6) is 0.180. The quantitative estimate of drug-likeness (QED) is 0.846. The van der Waals surface area contributed by atoms with Gasteiger partial charge >= 0.3 is 0 Å². The molecule has 1 heterocycles. The first kappa shape index (κ1) is 13.0. The van der Waals surface area contributed by atoms with Crippen molar-refractivity contribution in [3.63, 3.8) is 0 Å². The molecule has 0 radical (unpaired) electrons. The largest absolute Gasteiger partial charge is 0.325 e. The van der Waals surface area contributed by atoms with Gasteiger partial charge in [-0.05, 0) is 49.9 Å². The van der Waals surface area contributed by atoms with Crippen LogP contribution in [-0.4, -0.2) is 18.5 Å². The highest BCUT2D eigenvalue weighted by Gasteiger charge is 2.24. The average Bonchev–Trinajstić information content (AvgIpc) is 2.34. The number of rotatable bonds is 2. The molecule has 1 fully saturated rings. The molecular weight excluding hydrogens is 231 g/mol. The van der Waals surface area contributed by atoms with Crippen LogP contribution >= 0.6 is 0 Å². The summed E-state index contributed by atoms with van der Waals surface area (Å²) in [5, 5.41) is 5.95. The minimum absolute atomic E-state index is 0.0789. The van der Waals surface area contributed by atoms with Crippen LogP contribution in [0.2, 0.25) is 0 Å². The number of amides is 1. The smallest absolute Gasteiger partial charge is 0.241 e. The molecule has 1 aromatic rings. The fourth-order valence-corrected chi connectivity index (χ4v) is 2.21. The monoisotopic (exact) mass is 250 g/mol. The van der Waals surface area contributed by atoms with E-state index in [9.17, 15) is 9.18 Å². The predicted molar refractivity (Wildman–Crippen MR) is 70.0 cm³/mol. The second kappa shape index (κ2) is 5.48. The molecule has 1 aromatic carbocycles. The average molecular weight is 250 g/mol. The maximum atomic E-state index is 13.4. The van der Waals surface area contributed by atoms with Gasteiger partial charge in [0.2, 0.25) is 5.91 Å². The molecule has 0 aliphatic carbocycles. The van der Waals surface area contributed by atoms with Gasteiger partial charge in [-0.1, -0.05) is 13.0 Å². The zero-order valence-electron chi connectivity index (χ0n) is 10.8. The van der Waals surface area contributed by atoms with Crippen LogP contribution in [0, 0.1) is 18.7 Å². The Labute approximate surface area is 107 Å². The van der Waals surface area contributed by atoms with Crippen LogP contribution in [0.15, 0.2) is 18.2 Å². The van der Waals surface area contributed by atoms with E-state index in [2.05, 4.69) is 17.6 Å². The van der Waals surface area contributed by atoms with Gasteiger partial charge in [-0.15, -0.1) is 0 Å². The van der Waals surface area contributed by atoms with Crippen molar-refractivity contribution in [2.24, 2.45) is 5.92 Å². The summed E-state index contributed by atoms with van der Waals surface area (Å²) >= 11 is 0. The first-order valence-corrected chi connectivity index (χ1v) is 6.36. The van der Waals surface area contributed by atoms with Crippen LogP contribution in [0.4, 0.5) is 10.1 Å². The summed E-state index contributed by atoms with van der Waals surface area (Å²) in [5.41, 5.74) is 1.10. The minimum Gasteiger partial charge on any atom is -0.325 e. The summed E-state index contributed by atoms with van der Waals surface area (Å²) < 4.78 is 13.4. The first-order chi connectivity index (χ1) is 8.56. The molecule has 2 atom stereocenters. The number of benzene rings is 1. The number of carbonyl (C=O) groups excluding carboxylic acids is 1. The van der Waals surface area contributed by atoms with E-state index in [0.717, 1.165) is 19.4 Å². The van der Waals surface area contributed by atoms with Gasteiger partial charge in [0.05, 0.1) is 6.04 Å². The van der Waals surface area contributed by atoms with E-state index < -0.39 is 0 Å². The van der Waals surface area contributed by atoms with Crippen molar-refractivity contribution >= 4 is 11.6 Å². The number of aryl methyl sites for hydroxylation is 1. The Balaban J connectivity index is 2.00. The molecule has 1 aliphatic rings. The highest BCUT2D eigenvalue weighted by atomic mass is 19.1. The molecule has 0 bridgehead atoms. The van der Waals surface area contributed by atoms with E-state index in [4.69, 9.17) is 0 Å². The predicted octanol–water partition coefficient (Wildman–Crippen LogP) is 2.46. The molecule has 0 spiro atoms. The number of nitrogens with one attached hydrogen (secondary N) is 2. The molecule has 4 heteroatoms. The van der Waals surface area contributed by atoms with Crippen LogP contribution in [-0.2, 0) is 4.79 Å². The number of halogens is 1. The zero-order valence-corrected chi connectivity index (χ0v) is 10.8. The van der Waals surface area contributed by atoms with Crippen molar-refractivity contribution in [1.29, 1.82) is 0 Å². The van der Waals surface area contributed by atoms with Crippen LogP contribution in [0.3, 0.4) is 0 Å². The SMILES string of the molecule is Cc1ccc(NC(=O)C2CC(C)CCN2)cc1F. The third-order valence-corrected chi connectivity index (χ3v) is 3.42. The van der Waals surface area contributed by atoms with Gasteiger partial charge < -0.3 is 10.6 Å². The second-order valence-electron chi connectivity index (χ2n) is 5.09. The van der Waals surface area contributed by atoms with Crippen LogP contribution in [0.1, 0.15) is 25.3 Å². The summed E-state index contributed by atoms with van der Waals surface area (Å²) in [7, 11) is 0. The van der Waals surface area contributed by atoms with Crippen LogP contribution < -0.4 is 10.6 Å². The summed E-state index contributed by atoms with van der Waals surface area (Å²) in [6, 6.07) is 4.59. The molecule has 0 saturated carbocycles. The van der Waals surface area contributed by atoms with Gasteiger partial charge in [-0.2, -0.15) is 0 Å². The summed E-state index contributed by atoms with van der Waals surface area (Å²) in [4.78, 5) is 12.0. The van der Waals surface area contributed by atoms with E-state index in [0.29, 0.717) is 17.2 Å². The van der Waals surface area contributed by atoms with Crippen molar-refractivity contribution in [2.75, 3.05) is 11.9 Å². The molecule has 2 unspecified atom stereocenters. The van der Waals surface area contributed by atoms with Gasteiger partial charge in [0, 0.05) is 5.69 Å². The summed E-state index contributed by atoms with van der Waals surface area (Å²) in [6.45, 7) is 4.71. The van der Waals surface area contributed by atoms with Crippen LogP contribution in [0.25, 0.3) is 0 Å². The van der Waals surface area contributed by atoms with Crippen molar-refractivity contribution in [2.45, 2.75) is 32.7 Å². The van der Waals surface area contributed by atoms with Gasteiger partial charge in [0.15, 0.2) is 0 Å². The third kappa shape index (κ3) is 3.07. The number of anilines is 1. The van der Waals surface area contributed by atoms with Gasteiger partial charge in [0.25, 0.3) is 0 Å². The minimum atomic E-state index is -0.294. The van der Waals surface area contributed by atoms with E-state index in [1.54, 1.807) is 19.1 Å². The molecule has 3 nitrogen and oxygen atoms in total. The normalized spacial score (nSPS) is 23.7. The standard InChI is InChI=1S/C14H19FN2O/c1-9-5-6-16-13(7-9)14(18)17-11-4-3-10(2)12(15)8-11/h3-4,8-9,13,16H,5-7H2,1-2H3,(H,17,18). The van der Waals surface area contributed by atoms with E-state index in [1.165, 1.54) is 6.07 Å². The Hall–Kier alpha value is -1.42. The second-order valence-corrected chi connectivity index (χ2v) is 5.09. The molecule has 1 saturated heterocycles. The highest BCUT2D eigenvalue weighted by molar-refractivity contribution is 5.94. The number of piperidine rings is 1. The fraction of sp³-hybridized carbons (Fsp3) is 0.500. The lowest BCUT2D eigenvalue weighted by Crippen LogP contribution is -2.45. The topological polar surface area (TPSA) is 41.1 Å². The maximum absolute atomic E-state index is 13.4. The fourth-order valence-electron chi connectivity index (χ4n) is 2.21. The molecule has 2 rings (SSSR count). The molecular formula is C14H19FN2O. The molecule has 18 heavy (non-hydrogen) atoms. The van der Waals surface area contributed by atoms with Gasteiger partial charge in [0.1, 0.15) is 5.82 Å². The van der Waals surface area contributed by atoms with Gasteiger partial charge in [-0.25, -0.2) is 4.39 Å². The molecule has 98 valence electrons. The molecule has 2 N–H and O–H groups in total. The number of hydrogen-bond acceptors (Lipinski definition) is 2. The Morgan fingerprint density at radius 2 is 2.28 bits per heavy atom. The van der Waals surface area contributed by atoms with E-state index >= 15 is 0 Å². The maximum Gasteiger partial charge on any atom is 0.241 e. The Kier molecular flexibility index (Phi) is 3.97. The van der Waals surface area contributed by atoms with Crippen molar-refractivity contribution in [1.82, 2.24) is 5.32 Å². The Morgan fingerprint density at radius 3 is 2.94 bits per heavy atom. The molecule has 1 aliphatic heterocycles. The van der Waals surface area contributed by atoms with Crippen molar-refractivity contribution < 1.29 is 9.18 Å². The Bertz CT molecular complexity index is 447.